The van der Waals surface area contributed by atoms with Crippen molar-refractivity contribution in [1.29, 1.82) is 0 Å². The first kappa shape index (κ1) is 15.3. The number of carbonyl (C=O) groups is 2. The Hall–Kier alpha value is -2.27. The van der Waals surface area contributed by atoms with Gasteiger partial charge in [-0.2, -0.15) is 0 Å². The molecule has 1 atom stereocenters. The number of carbonyl (C=O) groups excluding carboxylic acids is 2. The zero-order chi connectivity index (χ0) is 16.7. The Morgan fingerprint density at radius 1 is 1.33 bits per heavy atom. The van der Waals surface area contributed by atoms with Gasteiger partial charge in [0.15, 0.2) is 0 Å². The summed E-state index contributed by atoms with van der Waals surface area (Å²) in [5.74, 6) is -0.0825. The quantitative estimate of drug-likeness (QED) is 0.848. The number of fused-ring (bicyclic) bond motifs is 2. The maximum atomic E-state index is 12.3. The van der Waals surface area contributed by atoms with E-state index in [0.717, 1.165) is 42.5 Å². The molecule has 4 nitrogen and oxygen atoms in total. The smallest absolute Gasteiger partial charge is 0.287 e. The Balaban J connectivity index is 1.63. The van der Waals surface area contributed by atoms with Gasteiger partial charge >= 0.3 is 0 Å². The van der Waals surface area contributed by atoms with Crippen LogP contribution in [0.2, 0.25) is 0 Å². The largest absolute Gasteiger partial charge is 0.325 e. The predicted molar refractivity (Wildman–Crippen MR) is 95.2 cm³/mol. The van der Waals surface area contributed by atoms with Gasteiger partial charge in [-0.1, -0.05) is 6.08 Å². The molecule has 2 aliphatic carbocycles. The fraction of sp³-hybridized carbons (Fsp3) is 0.316. The molecule has 1 aliphatic heterocycles. The van der Waals surface area contributed by atoms with Crippen LogP contribution in [0.5, 0.6) is 0 Å². The van der Waals surface area contributed by atoms with Gasteiger partial charge in [-0.3, -0.25) is 9.59 Å². The summed E-state index contributed by atoms with van der Waals surface area (Å²) in [6, 6.07) is 1.85. The SMILES string of the molecule is Cc1csc(C(=O)N=C2C=CC3C(=C2)NC(=O)C2=C3CCCC2)c1. The molecule has 1 aromatic rings. The monoisotopic (exact) mass is 338 g/mol. The molecule has 0 aromatic carbocycles. The molecule has 2 amide bonds. The van der Waals surface area contributed by atoms with Gasteiger partial charge in [-0.25, -0.2) is 4.99 Å². The lowest BCUT2D eigenvalue weighted by Gasteiger charge is -2.33. The topological polar surface area (TPSA) is 58.5 Å². The van der Waals surface area contributed by atoms with E-state index in [9.17, 15) is 9.59 Å². The van der Waals surface area contributed by atoms with Crippen LogP contribution in [0, 0.1) is 12.8 Å². The highest BCUT2D eigenvalue weighted by molar-refractivity contribution is 7.12. The Morgan fingerprint density at radius 2 is 2.17 bits per heavy atom. The molecule has 2 heterocycles. The predicted octanol–water partition coefficient (Wildman–Crippen LogP) is 3.71. The van der Waals surface area contributed by atoms with Gasteiger partial charge in [0.2, 0.25) is 0 Å². The van der Waals surface area contributed by atoms with Gasteiger partial charge in [0.05, 0.1) is 10.6 Å². The number of amides is 2. The second kappa shape index (κ2) is 5.98. The summed E-state index contributed by atoms with van der Waals surface area (Å²) in [5.41, 5.74) is 4.71. The number of allylic oxidation sites excluding steroid dienone is 3. The number of hydrogen-bond donors (Lipinski definition) is 1. The number of aliphatic imine (C=N–C) groups is 1. The summed E-state index contributed by atoms with van der Waals surface area (Å²) < 4.78 is 0. The maximum Gasteiger partial charge on any atom is 0.287 e. The van der Waals surface area contributed by atoms with Crippen LogP contribution in [0.25, 0.3) is 0 Å². The number of hydrogen-bond acceptors (Lipinski definition) is 3. The van der Waals surface area contributed by atoms with E-state index >= 15 is 0 Å². The van der Waals surface area contributed by atoms with Crippen LogP contribution in [0.4, 0.5) is 0 Å². The first-order chi connectivity index (χ1) is 11.6. The third-order valence-corrected chi connectivity index (χ3v) is 5.72. The lowest BCUT2D eigenvalue weighted by molar-refractivity contribution is -0.117. The molecule has 122 valence electrons. The molecule has 0 fully saturated rings. The summed E-state index contributed by atoms with van der Waals surface area (Å²) >= 11 is 1.41. The molecule has 24 heavy (non-hydrogen) atoms. The summed E-state index contributed by atoms with van der Waals surface area (Å²) in [6.45, 7) is 1.96. The van der Waals surface area contributed by atoms with Crippen LogP contribution < -0.4 is 5.32 Å². The minimum atomic E-state index is -0.234. The highest BCUT2D eigenvalue weighted by Gasteiger charge is 2.33. The van der Waals surface area contributed by atoms with Crippen molar-refractivity contribution in [2.24, 2.45) is 10.9 Å². The van der Waals surface area contributed by atoms with Gasteiger partial charge in [0.1, 0.15) is 0 Å². The Kier molecular flexibility index (Phi) is 3.81. The zero-order valence-corrected chi connectivity index (χ0v) is 14.3. The number of thiophene rings is 1. The van der Waals surface area contributed by atoms with Gasteiger partial charge in [0.25, 0.3) is 11.8 Å². The minimum Gasteiger partial charge on any atom is -0.325 e. The standard InChI is InChI=1S/C19H18N2O2S/c1-11-8-17(24-10-11)19(23)20-12-6-7-14-13-4-2-3-5-15(13)18(22)21-16(14)9-12/h6-10,14H,2-5H2,1H3,(H,21,22). The Morgan fingerprint density at radius 3 is 2.96 bits per heavy atom. The molecule has 0 bridgehead atoms. The number of nitrogens with zero attached hydrogens (tertiary/aromatic N) is 1. The maximum absolute atomic E-state index is 12.3. The van der Waals surface area contributed by atoms with Crippen molar-refractivity contribution >= 4 is 28.9 Å². The second-order valence-corrected chi connectivity index (χ2v) is 7.34. The van der Waals surface area contributed by atoms with Crippen LogP contribution in [-0.2, 0) is 4.79 Å². The van der Waals surface area contributed by atoms with Crippen LogP contribution in [0.3, 0.4) is 0 Å². The second-order valence-electron chi connectivity index (χ2n) is 6.43. The van der Waals surface area contributed by atoms with Crippen molar-refractivity contribution in [1.82, 2.24) is 5.32 Å². The summed E-state index contributed by atoms with van der Waals surface area (Å²) in [6.07, 6.45) is 9.86. The first-order valence-electron chi connectivity index (χ1n) is 8.23. The van der Waals surface area contributed by atoms with Gasteiger partial charge in [-0.05, 0) is 67.3 Å². The van der Waals surface area contributed by atoms with Crippen molar-refractivity contribution in [3.63, 3.8) is 0 Å². The third kappa shape index (κ3) is 2.69. The molecule has 5 heteroatoms. The van der Waals surface area contributed by atoms with E-state index in [-0.39, 0.29) is 17.7 Å². The van der Waals surface area contributed by atoms with E-state index in [0.29, 0.717) is 10.6 Å². The summed E-state index contributed by atoms with van der Waals surface area (Å²) in [7, 11) is 0. The van der Waals surface area contributed by atoms with Gasteiger partial charge in [-0.15, -0.1) is 11.3 Å². The molecule has 0 spiro atoms. The molecule has 4 rings (SSSR count). The van der Waals surface area contributed by atoms with E-state index in [4.69, 9.17) is 0 Å². The van der Waals surface area contributed by atoms with Gasteiger partial charge < -0.3 is 5.32 Å². The van der Waals surface area contributed by atoms with E-state index in [1.807, 2.05) is 30.5 Å². The van der Waals surface area contributed by atoms with Crippen molar-refractivity contribution < 1.29 is 9.59 Å². The van der Waals surface area contributed by atoms with E-state index in [2.05, 4.69) is 16.4 Å². The minimum absolute atomic E-state index is 0.0158. The molecule has 0 saturated heterocycles. The Labute approximate surface area is 144 Å². The zero-order valence-electron chi connectivity index (χ0n) is 13.5. The average Bonchev–Trinajstić information content (AvgIpc) is 3.02. The van der Waals surface area contributed by atoms with Crippen molar-refractivity contribution in [2.45, 2.75) is 32.6 Å². The lowest BCUT2D eigenvalue weighted by Crippen LogP contribution is -2.37. The first-order valence-corrected chi connectivity index (χ1v) is 9.11. The van der Waals surface area contributed by atoms with Crippen molar-refractivity contribution in [3.05, 3.63) is 57.0 Å². The number of nitrogens with one attached hydrogen (secondary N) is 1. The molecule has 0 radical (unpaired) electrons. The third-order valence-electron chi connectivity index (χ3n) is 4.69. The summed E-state index contributed by atoms with van der Waals surface area (Å²) in [4.78, 5) is 29.4. The van der Waals surface area contributed by atoms with E-state index in [1.165, 1.54) is 16.9 Å². The average molecular weight is 338 g/mol. The van der Waals surface area contributed by atoms with Crippen molar-refractivity contribution in [2.75, 3.05) is 0 Å². The molecule has 1 aromatic heterocycles. The molecule has 0 saturated carbocycles. The van der Waals surface area contributed by atoms with Gasteiger partial charge in [0, 0.05) is 17.2 Å². The number of aryl methyl sites for hydroxylation is 1. The highest BCUT2D eigenvalue weighted by atomic mass is 32.1. The fourth-order valence-electron chi connectivity index (χ4n) is 3.54. The number of rotatable bonds is 1. The van der Waals surface area contributed by atoms with Crippen molar-refractivity contribution in [3.8, 4) is 0 Å². The fourth-order valence-corrected chi connectivity index (χ4v) is 4.32. The van der Waals surface area contributed by atoms with Crippen LogP contribution >= 0.6 is 11.3 Å². The highest BCUT2D eigenvalue weighted by Crippen LogP contribution is 2.38. The molecular weight excluding hydrogens is 320 g/mol. The van der Waals surface area contributed by atoms with E-state index < -0.39 is 0 Å². The van der Waals surface area contributed by atoms with E-state index in [1.54, 1.807) is 0 Å². The molecule has 1 unspecified atom stereocenters. The van der Waals surface area contributed by atoms with Crippen LogP contribution in [-0.4, -0.2) is 17.5 Å². The lowest BCUT2D eigenvalue weighted by atomic mass is 9.77. The summed E-state index contributed by atoms with van der Waals surface area (Å²) in [5, 5.41) is 4.93. The van der Waals surface area contributed by atoms with Crippen LogP contribution in [0.1, 0.15) is 40.9 Å². The van der Waals surface area contributed by atoms with Crippen LogP contribution in [0.15, 0.2) is 51.5 Å². The Bertz CT molecular complexity index is 854. The molecule has 3 aliphatic rings. The normalized spacial score (nSPS) is 24.4. The molecular formula is C19H18N2O2S. The molecule has 1 N–H and O–H groups in total.